The highest BCUT2D eigenvalue weighted by atomic mass is 16.3. The van der Waals surface area contributed by atoms with Crippen LogP contribution in [0.2, 0.25) is 0 Å². The Hall–Kier alpha value is -1.55. The highest BCUT2D eigenvalue weighted by Gasteiger charge is 2.08. The van der Waals surface area contributed by atoms with Gasteiger partial charge in [-0.05, 0) is 24.5 Å². The first-order valence-electron chi connectivity index (χ1n) is 5.98. The number of aromatic nitrogens is 1. The molecule has 4 heteroatoms. The first-order chi connectivity index (χ1) is 8.16. The van der Waals surface area contributed by atoms with E-state index in [1.165, 1.54) is 0 Å². The Morgan fingerprint density at radius 2 is 2.24 bits per heavy atom. The van der Waals surface area contributed by atoms with Gasteiger partial charge in [-0.3, -0.25) is 0 Å². The monoisotopic (exact) mass is 233 g/mol. The molecule has 0 aromatic carbocycles. The van der Waals surface area contributed by atoms with Crippen molar-refractivity contribution in [3.05, 3.63) is 24.6 Å². The Labute approximate surface area is 101 Å². The van der Waals surface area contributed by atoms with Crippen LogP contribution in [0.5, 0.6) is 0 Å². The van der Waals surface area contributed by atoms with E-state index in [1.54, 1.807) is 12.5 Å². The van der Waals surface area contributed by atoms with Gasteiger partial charge in [0.2, 0.25) is 0 Å². The van der Waals surface area contributed by atoms with Gasteiger partial charge in [0.05, 0.1) is 11.6 Å². The molecule has 2 rings (SSSR count). The zero-order chi connectivity index (χ0) is 12.3. The number of hydrogen-bond acceptors (Lipinski definition) is 4. The number of nitrogens with one attached hydrogen (secondary N) is 1. The highest BCUT2D eigenvalue weighted by Crippen LogP contribution is 2.21. The van der Waals surface area contributed by atoms with Crippen molar-refractivity contribution in [3.63, 3.8) is 0 Å². The third kappa shape index (κ3) is 2.97. The van der Waals surface area contributed by atoms with Gasteiger partial charge in [0.15, 0.2) is 0 Å². The van der Waals surface area contributed by atoms with Crippen LogP contribution in [0.4, 0.5) is 5.82 Å². The summed E-state index contributed by atoms with van der Waals surface area (Å²) in [4.78, 5) is 4.30. The van der Waals surface area contributed by atoms with E-state index in [4.69, 9.17) is 10.2 Å². The van der Waals surface area contributed by atoms with Gasteiger partial charge < -0.3 is 15.5 Å². The van der Waals surface area contributed by atoms with Crippen molar-refractivity contribution in [2.75, 3.05) is 11.9 Å². The predicted molar refractivity (Wildman–Crippen MR) is 69.9 cm³/mol. The molecule has 3 N–H and O–H groups in total. The second-order valence-corrected chi connectivity index (χ2v) is 4.76. The molecule has 1 atom stereocenters. The van der Waals surface area contributed by atoms with E-state index in [0.29, 0.717) is 5.92 Å². The molecular formula is C13H19N3O. The third-order valence-corrected chi connectivity index (χ3v) is 2.69. The molecule has 2 aromatic heterocycles. The smallest absolute Gasteiger partial charge is 0.139 e. The Morgan fingerprint density at radius 3 is 3.00 bits per heavy atom. The molecule has 0 saturated heterocycles. The molecule has 1 unspecified atom stereocenters. The molecule has 0 spiro atoms. The number of nitrogens with two attached hydrogens (primary N) is 1. The molecule has 2 aromatic rings. The van der Waals surface area contributed by atoms with E-state index < -0.39 is 0 Å². The number of anilines is 1. The lowest BCUT2D eigenvalue weighted by molar-refractivity contribution is 0.508. The quantitative estimate of drug-likeness (QED) is 0.833. The average molecular weight is 233 g/mol. The van der Waals surface area contributed by atoms with Crippen molar-refractivity contribution < 1.29 is 4.42 Å². The number of pyridine rings is 1. The molecule has 2 heterocycles. The van der Waals surface area contributed by atoms with Crippen molar-refractivity contribution in [1.82, 2.24) is 4.98 Å². The molecule has 0 amide bonds. The fourth-order valence-corrected chi connectivity index (χ4v) is 1.95. The first kappa shape index (κ1) is 11.9. The average Bonchev–Trinajstić information content (AvgIpc) is 2.73. The van der Waals surface area contributed by atoms with Crippen LogP contribution in [0, 0.1) is 5.92 Å². The Bertz CT molecular complexity index is 478. The summed E-state index contributed by atoms with van der Waals surface area (Å²) in [5, 5.41) is 4.29. The SMILES string of the molecule is CC(C)CC(N)CNc1nccc2occc12. The van der Waals surface area contributed by atoms with Gasteiger partial charge in [-0.15, -0.1) is 0 Å². The lowest BCUT2D eigenvalue weighted by atomic mass is 10.0. The number of furan rings is 1. The van der Waals surface area contributed by atoms with Crippen molar-refractivity contribution in [2.45, 2.75) is 26.3 Å². The normalized spacial score (nSPS) is 13.2. The molecule has 0 bridgehead atoms. The van der Waals surface area contributed by atoms with Crippen LogP contribution in [-0.4, -0.2) is 17.6 Å². The molecule has 4 nitrogen and oxygen atoms in total. The van der Waals surface area contributed by atoms with Crippen LogP contribution in [0.15, 0.2) is 29.0 Å². The number of rotatable bonds is 5. The van der Waals surface area contributed by atoms with Crippen molar-refractivity contribution in [3.8, 4) is 0 Å². The number of fused-ring (bicyclic) bond motifs is 1. The van der Waals surface area contributed by atoms with Crippen LogP contribution in [-0.2, 0) is 0 Å². The molecule has 0 aliphatic rings. The van der Waals surface area contributed by atoms with Crippen molar-refractivity contribution in [2.24, 2.45) is 11.7 Å². The second kappa shape index (κ2) is 5.19. The van der Waals surface area contributed by atoms with Crippen LogP contribution < -0.4 is 11.1 Å². The van der Waals surface area contributed by atoms with E-state index in [-0.39, 0.29) is 6.04 Å². The van der Waals surface area contributed by atoms with Crippen LogP contribution >= 0.6 is 0 Å². The van der Waals surface area contributed by atoms with E-state index in [9.17, 15) is 0 Å². The van der Waals surface area contributed by atoms with Crippen LogP contribution in [0.25, 0.3) is 11.0 Å². The van der Waals surface area contributed by atoms with E-state index >= 15 is 0 Å². The summed E-state index contributed by atoms with van der Waals surface area (Å²) in [6.45, 7) is 5.08. The summed E-state index contributed by atoms with van der Waals surface area (Å²) in [7, 11) is 0. The topological polar surface area (TPSA) is 64.1 Å². The predicted octanol–water partition coefficient (Wildman–Crippen LogP) is 2.61. The zero-order valence-electron chi connectivity index (χ0n) is 10.3. The number of nitrogens with zero attached hydrogens (tertiary/aromatic N) is 1. The molecule has 92 valence electrons. The molecule has 17 heavy (non-hydrogen) atoms. The zero-order valence-corrected chi connectivity index (χ0v) is 10.3. The lowest BCUT2D eigenvalue weighted by Gasteiger charge is -2.15. The molecule has 0 aliphatic heterocycles. The number of hydrogen-bond donors (Lipinski definition) is 2. The van der Waals surface area contributed by atoms with E-state index in [1.807, 2.05) is 12.1 Å². The standard InChI is InChI=1S/C13H19N3O/c1-9(2)7-10(14)8-16-13-11-4-6-17-12(11)3-5-15-13/h3-6,9-10H,7-8,14H2,1-2H3,(H,15,16). The Kier molecular flexibility index (Phi) is 3.64. The van der Waals surface area contributed by atoms with Gasteiger partial charge in [-0.1, -0.05) is 13.8 Å². The van der Waals surface area contributed by atoms with Crippen LogP contribution in [0.3, 0.4) is 0 Å². The summed E-state index contributed by atoms with van der Waals surface area (Å²) in [5.74, 6) is 1.46. The van der Waals surface area contributed by atoms with Gasteiger partial charge in [0.1, 0.15) is 11.4 Å². The van der Waals surface area contributed by atoms with Gasteiger partial charge in [0.25, 0.3) is 0 Å². The van der Waals surface area contributed by atoms with E-state index in [2.05, 4.69) is 24.1 Å². The maximum absolute atomic E-state index is 6.03. The van der Waals surface area contributed by atoms with Crippen molar-refractivity contribution in [1.29, 1.82) is 0 Å². The fourth-order valence-electron chi connectivity index (χ4n) is 1.95. The molecule has 0 saturated carbocycles. The summed E-state index contributed by atoms with van der Waals surface area (Å²) < 4.78 is 5.32. The summed E-state index contributed by atoms with van der Waals surface area (Å²) in [6, 6.07) is 3.92. The molecule has 0 radical (unpaired) electrons. The highest BCUT2D eigenvalue weighted by molar-refractivity contribution is 5.87. The van der Waals surface area contributed by atoms with Gasteiger partial charge in [-0.2, -0.15) is 0 Å². The molecule has 0 fully saturated rings. The molecular weight excluding hydrogens is 214 g/mol. The maximum atomic E-state index is 6.03. The van der Waals surface area contributed by atoms with Gasteiger partial charge >= 0.3 is 0 Å². The lowest BCUT2D eigenvalue weighted by Crippen LogP contribution is -2.30. The Morgan fingerprint density at radius 1 is 1.41 bits per heavy atom. The van der Waals surface area contributed by atoms with E-state index in [0.717, 1.165) is 29.8 Å². The first-order valence-corrected chi connectivity index (χ1v) is 5.98. The van der Waals surface area contributed by atoms with Crippen molar-refractivity contribution >= 4 is 16.8 Å². The fraction of sp³-hybridized carbons (Fsp3) is 0.462. The summed E-state index contributed by atoms with van der Waals surface area (Å²) in [6.07, 6.45) is 4.42. The van der Waals surface area contributed by atoms with Gasteiger partial charge in [0, 0.05) is 18.8 Å². The van der Waals surface area contributed by atoms with Crippen LogP contribution in [0.1, 0.15) is 20.3 Å². The minimum atomic E-state index is 0.152. The molecule has 0 aliphatic carbocycles. The summed E-state index contributed by atoms with van der Waals surface area (Å²) in [5.41, 5.74) is 6.88. The third-order valence-electron chi connectivity index (χ3n) is 2.69. The summed E-state index contributed by atoms with van der Waals surface area (Å²) >= 11 is 0. The largest absolute Gasteiger partial charge is 0.464 e. The Balaban J connectivity index is 2.01. The minimum absolute atomic E-state index is 0.152. The second-order valence-electron chi connectivity index (χ2n) is 4.76. The van der Waals surface area contributed by atoms with Gasteiger partial charge in [-0.25, -0.2) is 4.98 Å². The maximum Gasteiger partial charge on any atom is 0.139 e. The minimum Gasteiger partial charge on any atom is -0.464 e.